The first-order valence-corrected chi connectivity index (χ1v) is 3.95. The summed E-state index contributed by atoms with van der Waals surface area (Å²) >= 11 is 0. The quantitative estimate of drug-likeness (QED) is 0.704. The maximum absolute atomic E-state index is 11.9. The number of rotatable bonds is 2. The van der Waals surface area contributed by atoms with Crippen molar-refractivity contribution < 1.29 is 13.2 Å². The second-order valence-corrected chi connectivity index (χ2v) is 2.68. The van der Waals surface area contributed by atoms with E-state index in [4.69, 9.17) is 0 Å². The third-order valence-electron chi connectivity index (χ3n) is 1.62. The molecule has 1 aromatic rings. The van der Waals surface area contributed by atoms with Gasteiger partial charge in [-0.2, -0.15) is 13.2 Å². The van der Waals surface area contributed by atoms with Crippen LogP contribution in [0.5, 0.6) is 0 Å². The Balaban J connectivity index is 2.78. The first kappa shape index (κ1) is 9.89. The average molecular weight is 189 g/mol. The van der Waals surface area contributed by atoms with E-state index < -0.39 is 6.30 Å². The van der Waals surface area contributed by atoms with Gasteiger partial charge in [0.2, 0.25) is 0 Å². The molecule has 0 atom stereocenters. The van der Waals surface area contributed by atoms with E-state index in [0.717, 1.165) is 12.0 Å². The minimum absolute atomic E-state index is 0.0897. The molecule has 4 heteroatoms. The Hall–Kier alpha value is -1.19. The fraction of sp³-hybridized carbons (Fsp3) is 0.333. The highest BCUT2D eigenvalue weighted by atomic mass is 19.4. The number of alkyl halides is 3. The summed E-state index contributed by atoms with van der Waals surface area (Å²) in [5, 5.41) is 1.46. The maximum atomic E-state index is 11.9. The lowest BCUT2D eigenvalue weighted by molar-refractivity contribution is -0.0999. The first-order chi connectivity index (χ1) is 6.01. The molecule has 0 unspecified atom stereocenters. The summed E-state index contributed by atoms with van der Waals surface area (Å²) in [5.41, 5.74) is 0.973. The number of halogens is 3. The van der Waals surface area contributed by atoms with Gasteiger partial charge < -0.3 is 0 Å². The van der Waals surface area contributed by atoms with Gasteiger partial charge in [-0.25, -0.2) is 0 Å². The van der Waals surface area contributed by atoms with Crippen LogP contribution in [0.4, 0.5) is 18.9 Å². The Morgan fingerprint density at radius 3 is 2.54 bits per heavy atom. The number of benzene rings is 1. The highest BCUT2D eigenvalue weighted by Gasteiger charge is 2.26. The molecule has 0 radical (unpaired) electrons. The topological polar surface area (TPSA) is 12.0 Å². The predicted molar refractivity (Wildman–Crippen MR) is 45.5 cm³/mol. The van der Waals surface area contributed by atoms with Crippen LogP contribution >= 0.6 is 0 Å². The maximum Gasteiger partial charge on any atom is 0.482 e. The Morgan fingerprint density at radius 1 is 1.31 bits per heavy atom. The van der Waals surface area contributed by atoms with Gasteiger partial charge in [0.1, 0.15) is 0 Å². The average Bonchev–Trinajstić information content (AvgIpc) is 2.01. The Bertz CT molecular complexity index is 280. The molecule has 0 bridgehead atoms. The molecule has 13 heavy (non-hydrogen) atoms. The van der Waals surface area contributed by atoms with Crippen LogP contribution in [0.2, 0.25) is 0 Å². The first-order valence-electron chi connectivity index (χ1n) is 3.95. The number of hydrogen-bond donors (Lipinski definition) is 1. The van der Waals surface area contributed by atoms with Crippen LogP contribution in [-0.2, 0) is 6.42 Å². The van der Waals surface area contributed by atoms with Crippen LogP contribution in [-0.4, -0.2) is 6.30 Å². The summed E-state index contributed by atoms with van der Waals surface area (Å²) in [7, 11) is 0. The van der Waals surface area contributed by atoms with Gasteiger partial charge in [0.15, 0.2) is 0 Å². The molecule has 1 N–H and O–H groups in total. The Morgan fingerprint density at radius 2 is 2.00 bits per heavy atom. The van der Waals surface area contributed by atoms with Crippen LogP contribution in [0.3, 0.4) is 0 Å². The number of anilines is 1. The van der Waals surface area contributed by atoms with Gasteiger partial charge in [0, 0.05) is 5.69 Å². The molecule has 0 aliphatic heterocycles. The Labute approximate surface area is 74.6 Å². The van der Waals surface area contributed by atoms with E-state index >= 15 is 0 Å². The Kier molecular flexibility index (Phi) is 2.80. The molecular weight excluding hydrogens is 179 g/mol. The zero-order valence-corrected chi connectivity index (χ0v) is 7.15. The van der Waals surface area contributed by atoms with E-state index in [1.807, 2.05) is 6.92 Å². The molecule has 1 nitrogen and oxygen atoms in total. The van der Waals surface area contributed by atoms with Gasteiger partial charge in [0.25, 0.3) is 0 Å². The molecule has 0 saturated carbocycles. The van der Waals surface area contributed by atoms with Crippen molar-refractivity contribution in [2.24, 2.45) is 0 Å². The van der Waals surface area contributed by atoms with Crippen molar-refractivity contribution in [1.82, 2.24) is 0 Å². The second kappa shape index (κ2) is 3.68. The van der Waals surface area contributed by atoms with E-state index in [1.54, 1.807) is 12.1 Å². The van der Waals surface area contributed by atoms with Gasteiger partial charge >= 0.3 is 6.30 Å². The second-order valence-electron chi connectivity index (χ2n) is 2.68. The van der Waals surface area contributed by atoms with Crippen molar-refractivity contribution in [1.29, 1.82) is 0 Å². The highest BCUT2D eigenvalue weighted by Crippen LogP contribution is 2.20. The van der Waals surface area contributed by atoms with Gasteiger partial charge in [-0.1, -0.05) is 19.1 Å². The van der Waals surface area contributed by atoms with Crippen LogP contribution < -0.4 is 5.32 Å². The molecule has 72 valence electrons. The molecule has 0 spiro atoms. The predicted octanol–water partition coefficient (Wildman–Crippen LogP) is 3.18. The van der Waals surface area contributed by atoms with Gasteiger partial charge in [0.05, 0.1) is 0 Å². The highest BCUT2D eigenvalue weighted by molar-refractivity contribution is 5.46. The van der Waals surface area contributed by atoms with E-state index in [-0.39, 0.29) is 5.69 Å². The lowest BCUT2D eigenvalue weighted by Crippen LogP contribution is -2.20. The fourth-order valence-corrected chi connectivity index (χ4v) is 1.03. The lowest BCUT2D eigenvalue weighted by Gasteiger charge is -2.10. The molecule has 0 saturated heterocycles. The summed E-state index contributed by atoms with van der Waals surface area (Å²) in [4.78, 5) is 0. The molecular formula is C9H10F3N. The van der Waals surface area contributed by atoms with Crippen molar-refractivity contribution in [3.05, 3.63) is 29.8 Å². The molecule has 0 heterocycles. The van der Waals surface area contributed by atoms with Crippen LogP contribution in [0.15, 0.2) is 24.3 Å². The van der Waals surface area contributed by atoms with E-state index in [0.29, 0.717) is 0 Å². The summed E-state index contributed by atoms with van der Waals surface area (Å²) < 4.78 is 35.6. The number of hydrogen-bond acceptors (Lipinski definition) is 1. The zero-order chi connectivity index (χ0) is 9.90. The smallest absolute Gasteiger partial charge is 0.298 e. The van der Waals surface area contributed by atoms with Crippen molar-refractivity contribution in [3.63, 3.8) is 0 Å². The van der Waals surface area contributed by atoms with Crippen LogP contribution in [0, 0.1) is 0 Å². The summed E-state index contributed by atoms with van der Waals surface area (Å²) in [5.74, 6) is 0. The molecule has 1 rings (SSSR count). The summed E-state index contributed by atoms with van der Waals surface area (Å²) in [6.45, 7) is 1.90. The largest absolute Gasteiger partial charge is 0.482 e. The SMILES string of the molecule is CCc1cccc(NC(F)(F)F)c1. The fourth-order valence-electron chi connectivity index (χ4n) is 1.03. The van der Waals surface area contributed by atoms with Gasteiger partial charge in [-0.05, 0) is 24.1 Å². The van der Waals surface area contributed by atoms with Crippen molar-refractivity contribution >= 4 is 5.69 Å². The number of aryl methyl sites for hydroxylation is 1. The molecule has 0 aromatic heterocycles. The molecule has 0 amide bonds. The van der Waals surface area contributed by atoms with Gasteiger partial charge in [-0.15, -0.1) is 0 Å². The standard InChI is InChI=1S/C9H10F3N/c1-2-7-4-3-5-8(6-7)13-9(10,11)12/h3-6,13H,2H2,1H3. The van der Waals surface area contributed by atoms with Crippen LogP contribution in [0.1, 0.15) is 12.5 Å². The van der Waals surface area contributed by atoms with E-state index in [9.17, 15) is 13.2 Å². The van der Waals surface area contributed by atoms with Crippen molar-refractivity contribution in [2.75, 3.05) is 5.32 Å². The van der Waals surface area contributed by atoms with E-state index in [1.165, 1.54) is 17.4 Å². The van der Waals surface area contributed by atoms with Crippen molar-refractivity contribution in [3.8, 4) is 0 Å². The minimum atomic E-state index is -4.35. The third-order valence-corrected chi connectivity index (χ3v) is 1.62. The molecule has 0 aliphatic rings. The summed E-state index contributed by atoms with van der Waals surface area (Å²) in [6, 6.07) is 6.29. The lowest BCUT2D eigenvalue weighted by atomic mass is 10.1. The third kappa shape index (κ3) is 3.36. The molecule has 0 aliphatic carbocycles. The normalized spacial score (nSPS) is 11.4. The zero-order valence-electron chi connectivity index (χ0n) is 7.15. The van der Waals surface area contributed by atoms with Crippen molar-refractivity contribution in [2.45, 2.75) is 19.6 Å². The molecule has 1 aromatic carbocycles. The van der Waals surface area contributed by atoms with E-state index in [2.05, 4.69) is 0 Å². The van der Waals surface area contributed by atoms with Crippen LogP contribution in [0.25, 0.3) is 0 Å². The monoisotopic (exact) mass is 189 g/mol. The molecule has 0 fully saturated rings. The number of nitrogens with one attached hydrogen (secondary N) is 1. The van der Waals surface area contributed by atoms with Gasteiger partial charge in [-0.3, -0.25) is 5.32 Å². The summed E-state index contributed by atoms with van der Waals surface area (Å²) in [6.07, 6.45) is -3.63. The minimum Gasteiger partial charge on any atom is -0.298 e.